The highest BCUT2D eigenvalue weighted by Gasteiger charge is 2.08. The molecule has 2 nitrogen and oxygen atoms in total. The molecule has 0 aliphatic carbocycles. The van der Waals surface area contributed by atoms with Crippen LogP contribution in [0.25, 0.3) is 0 Å². The average Bonchev–Trinajstić information content (AvgIpc) is 3.00. The smallest absolute Gasteiger partial charge is 0.138 e. The summed E-state index contributed by atoms with van der Waals surface area (Å²) in [6, 6.07) is 9.16. The van der Waals surface area contributed by atoms with E-state index in [1.807, 2.05) is 6.07 Å². The van der Waals surface area contributed by atoms with Crippen LogP contribution in [0.4, 0.5) is 4.39 Å². The van der Waals surface area contributed by atoms with Crippen LogP contribution in [0.3, 0.4) is 0 Å². The second-order valence-corrected chi connectivity index (χ2v) is 5.69. The zero-order chi connectivity index (χ0) is 15.1. The minimum atomic E-state index is -0.346. The van der Waals surface area contributed by atoms with Crippen LogP contribution in [0.15, 0.2) is 35.7 Å². The quantitative estimate of drug-likeness (QED) is 0.857. The molecule has 1 N–H and O–H groups in total. The minimum Gasteiger partial charge on any atom is -0.384 e. The van der Waals surface area contributed by atoms with Crippen LogP contribution in [0.5, 0.6) is 0 Å². The van der Waals surface area contributed by atoms with Gasteiger partial charge in [0.25, 0.3) is 0 Å². The monoisotopic (exact) mass is 303 g/mol. The van der Waals surface area contributed by atoms with Crippen LogP contribution in [0.1, 0.15) is 22.9 Å². The Kier molecular flexibility index (Phi) is 5.94. The van der Waals surface area contributed by atoms with Gasteiger partial charge in [-0.3, -0.25) is 4.90 Å². The highest BCUT2D eigenvalue weighted by molar-refractivity contribution is 7.09. The number of aliphatic hydroxyl groups is 1. The minimum absolute atomic E-state index is 0.261. The van der Waals surface area contributed by atoms with E-state index < -0.39 is 0 Å². The van der Waals surface area contributed by atoms with Crippen molar-refractivity contribution in [2.45, 2.75) is 20.0 Å². The van der Waals surface area contributed by atoms with Crippen molar-refractivity contribution in [3.05, 3.63) is 57.5 Å². The van der Waals surface area contributed by atoms with Gasteiger partial charge in [-0.05, 0) is 35.7 Å². The predicted octanol–water partition coefficient (Wildman–Crippen LogP) is 3.25. The van der Waals surface area contributed by atoms with E-state index in [0.29, 0.717) is 5.56 Å². The van der Waals surface area contributed by atoms with E-state index in [4.69, 9.17) is 5.11 Å². The molecule has 21 heavy (non-hydrogen) atoms. The normalized spacial score (nSPS) is 10.5. The summed E-state index contributed by atoms with van der Waals surface area (Å²) in [4.78, 5) is 3.61. The van der Waals surface area contributed by atoms with E-state index in [1.165, 1.54) is 10.9 Å². The maximum absolute atomic E-state index is 13.6. The molecule has 0 unspecified atom stereocenters. The highest BCUT2D eigenvalue weighted by atomic mass is 32.1. The first-order chi connectivity index (χ1) is 10.2. The fraction of sp³-hybridized carbons (Fsp3) is 0.294. The van der Waals surface area contributed by atoms with E-state index in [1.54, 1.807) is 23.5 Å². The van der Waals surface area contributed by atoms with E-state index in [9.17, 15) is 4.39 Å². The standard InChI is InChI=1S/C17H18FNOS/c1-2-19(13-16-6-4-10-21-16)12-14-7-8-17(18)15(11-14)5-3-9-20/h4,6-8,10-11,20H,2,9,12-13H2,1H3. The molecule has 0 aliphatic heterocycles. The molecule has 0 spiro atoms. The molecule has 0 saturated carbocycles. The van der Waals surface area contributed by atoms with Crippen LogP contribution in [-0.2, 0) is 13.1 Å². The van der Waals surface area contributed by atoms with Gasteiger partial charge in [-0.2, -0.15) is 0 Å². The van der Waals surface area contributed by atoms with E-state index in [0.717, 1.165) is 25.2 Å². The van der Waals surface area contributed by atoms with Crippen LogP contribution < -0.4 is 0 Å². The van der Waals surface area contributed by atoms with Crippen molar-refractivity contribution in [3.8, 4) is 11.8 Å². The molecule has 4 heteroatoms. The zero-order valence-corrected chi connectivity index (χ0v) is 12.8. The Labute approximate surface area is 128 Å². The van der Waals surface area contributed by atoms with Crippen molar-refractivity contribution in [2.75, 3.05) is 13.2 Å². The lowest BCUT2D eigenvalue weighted by Crippen LogP contribution is -2.21. The van der Waals surface area contributed by atoms with E-state index >= 15 is 0 Å². The maximum atomic E-state index is 13.6. The summed E-state index contributed by atoms with van der Waals surface area (Å²) in [5, 5.41) is 10.8. The third kappa shape index (κ3) is 4.68. The summed E-state index contributed by atoms with van der Waals surface area (Å²) in [6.45, 7) is 4.42. The number of rotatable bonds is 5. The Morgan fingerprint density at radius 3 is 2.81 bits per heavy atom. The van der Waals surface area contributed by atoms with Crippen LogP contribution >= 0.6 is 11.3 Å². The van der Waals surface area contributed by atoms with Crippen molar-refractivity contribution in [1.29, 1.82) is 0 Å². The molecular weight excluding hydrogens is 285 g/mol. The molecule has 0 saturated heterocycles. The highest BCUT2D eigenvalue weighted by Crippen LogP contribution is 2.16. The van der Waals surface area contributed by atoms with E-state index in [-0.39, 0.29) is 12.4 Å². The summed E-state index contributed by atoms with van der Waals surface area (Å²) in [7, 11) is 0. The first-order valence-electron chi connectivity index (χ1n) is 6.85. The molecule has 0 bridgehead atoms. The number of aliphatic hydroxyl groups excluding tert-OH is 1. The third-order valence-electron chi connectivity index (χ3n) is 3.15. The fourth-order valence-corrected chi connectivity index (χ4v) is 2.81. The van der Waals surface area contributed by atoms with Crippen molar-refractivity contribution >= 4 is 11.3 Å². The molecule has 0 atom stereocenters. The van der Waals surface area contributed by atoms with Gasteiger partial charge >= 0.3 is 0 Å². The number of hydrogen-bond acceptors (Lipinski definition) is 3. The molecule has 2 aromatic rings. The van der Waals surface area contributed by atoms with Gasteiger partial charge in [-0.15, -0.1) is 11.3 Å². The Morgan fingerprint density at radius 2 is 2.14 bits per heavy atom. The van der Waals surface area contributed by atoms with Gasteiger partial charge in [0, 0.05) is 18.0 Å². The van der Waals surface area contributed by atoms with Crippen LogP contribution in [-0.4, -0.2) is 23.2 Å². The second-order valence-electron chi connectivity index (χ2n) is 4.66. The Morgan fingerprint density at radius 1 is 1.29 bits per heavy atom. The molecular formula is C17H18FNOS. The number of halogens is 1. The molecule has 0 fully saturated rings. The first kappa shape index (κ1) is 15.7. The second kappa shape index (κ2) is 7.94. The average molecular weight is 303 g/mol. The molecule has 0 aliphatic rings. The fourth-order valence-electron chi connectivity index (χ4n) is 2.06. The zero-order valence-electron chi connectivity index (χ0n) is 12.0. The van der Waals surface area contributed by atoms with Gasteiger partial charge in [0.2, 0.25) is 0 Å². The van der Waals surface area contributed by atoms with Gasteiger partial charge in [0.1, 0.15) is 12.4 Å². The van der Waals surface area contributed by atoms with Gasteiger partial charge < -0.3 is 5.11 Å². The summed E-state index contributed by atoms with van der Waals surface area (Å²) >= 11 is 1.74. The number of benzene rings is 1. The number of nitrogens with zero attached hydrogens (tertiary/aromatic N) is 1. The van der Waals surface area contributed by atoms with E-state index in [2.05, 4.69) is 35.1 Å². The van der Waals surface area contributed by atoms with Gasteiger partial charge in [0.15, 0.2) is 0 Å². The summed E-state index contributed by atoms with van der Waals surface area (Å²) in [5.41, 5.74) is 1.37. The third-order valence-corrected chi connectivity index (χ3v) is 4.01. The number of hydrogen-bond donors (Lipinski definition) is 1. The van der Waals surface area contributed by atoms with Gasteiger partial charge in [0.05, 0.1) is 5.56 Å². The Hall–Kier alpha value is -1.67. The summed E-state index contributed by atoms with van der Waals surface area (Å²) in [5.74, 6) is 4.79. The predicted molar refractivity (Wildman–Crippen MR) is 84.5 cm³/mol. The Balaban J connectivity index is 2.10. The topological polar surface area (TPSA) is 23.5 Å². The maximum Gasteiger partial charge on any atom is 0.138 e. The molecule has 0 radical (unpaired) electrons. The SMILES string of the molecule is CCN(Cc1ccc(F)c(C#CCO)c1)Cc1cccs1. The molecule has 2 rings (SSSR count). The van der Waals surface area contributed by atoms with Crippen molar-refractivity contribution in [3.63, 3.8) is 0 Å². The van der Waals surface area contributed by atoms with Gasteiger partial charge in [-0.1, -0.05) is 30.9 Å². The van der Waals surface area contributed by atoms with Crippen LogP contribution in [0, 0.1) is 17.7 Å². The number of thiophene rings is 1. The molecule has 0 amide bonds. The Bertz CT molecular complexity index is 628. The van der Waals surface area contributed by atoms with Crippen molar-refractivity contribution < 1.29 is 9.50 Å². The summed E-state index contributed by atoms with van der Waals surface area (Å²) < 4.78 is 13.6. The lowest BCUT2D eigenvalue weighted by atomic mass is 10.1. The molecule has 1 aromatic carbocycles. The molecule has 110 valence electrons. The molecule has 1 heterocycles. The first-order valence-corrected chi connectivity index (χ1v) is 7.73. The van der Waals surface area contributed by atoms with Crippen LogP contribution in [0.2, 0.25) is 0 Å². The van der Waals surface area contributed by atoms with Crippen molar-refractivity contribution in [1.82, 2.24) is 4.90 Å². The largest absolute Gasteiger partial charge is 0.384 e. The lowest BCUT2D eigenvalue weighted by molar-refractivity contribution is 0.274. The molecule has 1 aromatic heterocycles. The summed E-state index contributed by atoms with van der Waals surface area (Å²) in [6.07, 6.45) is 0. The van der Waals surface area contributed by atoms with Gasteiger partial charge in [-0.25, -0.2) is 4.39 Å². The lowest BCUT2D eigenvalue weighted by Gasteiger charge is -2.19. The van der Waals surface area contributed by atoms with Crippen molar-refractivity contribution in [2.24, 2.45) is 0 Å².